The van der Waals surface area contributed by atoms with Crippen molar-refractivity contribution in [2.75, 3.05) is 17.6 Å². The number of hydrogen-bond donors (Lipinski definition) is 3. The third kappa shape index (κ3) is 4.61. The quantitative estimate of drug-likeness (QED) is 0.734. The van der Waals surface area contributed by atoms with E-state index in [1.54, 1.807) is 0 Å². The number of aromatic nitrogens is 1. The van der Waals surface area contributed by atoms with Crippen LogP contribution in [0.1, 0.15) is 32.9 Å². The molecule has 0 radical (unpaired) electrons. The maximum atomic E-state index is 10.2. The van der Waals surface area contributed by atoms with Gasteiger partial charge in [-0.25, -0.2) is 4.98 Å². The summed E-state index contributed by atoms with van der Waals surface area (Å²) in [7, 11) is 0. The number of aryl methyl sites for hydroxylation is 1. The van der Waals surface area contributed by atoms with Crippen molar-refractivity contribution in [2.24, 2.45) is 5.92 Å². The van der Waals surface area contributed by atoms with Gasteiger partial charge in [0.05, 0.1) is 17.0 Å². The minimum Gasteiger partial charge on any atom is -0.397 e. The van der Waals surface area contributed by atoms with Crippen molar-refractivity contribution in [3.8, 4) is 0 Å². The first-order valence-corrected chi connectivity index (χ1v) is 5.99. The number of nitrogens with two attached hydrogens (primary N) is 1. The number of hydrogen-bond acceptors (Lipinski definition) is 4. The molecular formula is C13H23N3O. The van der Waals surface area contributed by atoms with Crippen molar-refractivity contribution in [3.63, 3.8) is 0 Å². The molecule has 1 heterocycles. The van der Waals surface area contributed by atoms with E-state index in [0.717, 1.165) is 17.9 Å². The van der Waals surface area contributed by atoms with E-state index in [2.05, 4.69) is 24.1 Å². The van der Waals surface area contributed by atoms with Gasteiger partial charge in [0.1, 0.15) is 5.82 Å². The molecule has 1 rings (SSSR count). The first-order chi connectivity index (χ1) is 7.80. The second kappa shape index (κ2) is 5.36. The Labute approximate surface area is 103 Å². The van der Waals surface area contributed by atoms with Gasteiger partial charge in [-0.2, -0.15) is 0 Å². The summed E-state index contributed by atoms with van der Waals surface area (Å²) >= 11 is 0. The largest absolute Gasteiger partial charge is 0.397 e. The van der Waals surface area contributed by atoms with Crippen molar-refractivity contribution in [1.29, 1.82) is 0 Å². The van der Waals surface area contributed by atoms with Crippen LogP contribution in [0.25, 0.3) is 0 Å². The van der Waals surface area contributed by atoms with Crippen molar-refractivity contribution in [1.82, 2.24) is 4.98 Å². The standard InChI is InChI=1S/C13H23N3O/c1-9(2)7-13(4,17)8-15-12-6-5-11(14)10(3)16-12/h5-6,9,17H,7-8,14H2,1-4H3,(H,15,16). The molecule has 0 aliphatic carbocycles. The van der Waals surface area contributed by atoms with Gasteiger partial charge in [0.15, 0.2) is 0 Å². The van der Waals surface area contributed by atoms with E-state index in [1.165, 1.54) is 0 Å². The number of rotatable bonds is 5. The molecule has 96 valence electrons. The lowest BCUT2D eigenvalue weighted by molar-refractivity contribution is 0.0515. The van der Waals surface area contributed by atoms with Crippen molar-refractivity contribution in [3.05, 3.63) is 17.8 Å². The monoisotopic (exact) mass is 237 g/mol. The van der Waals surface area contributed by atoms with Crippen LogP contribution in [0.5, 0.6) is 0 Å². The molecule has 0 bridgehead atoms. The fourth-order valence-electron chi connectivity index (χ4n) is 1.90. The smallest absolute Gasteiger partial charge is 0.126 e. The zero-order chi connectivity index (χ0) is 13.1. The highest BCUT2D eigenvalue weighted by atomic mass is 16.3. The third-order valence-corrected chi connectivity index (χ3v) is 2.63. The van der Waals surface area contributed by atoms with E-state index in [1.807, 2.05) is 26.0 Å². The van der Waals surface area contributed by atoms with Crippen LogP contribution in [0.15, 0.2) is 12.1 Å². The van der Waals surface area contributed by atoms with Crippen LogP contribution in [0.2, 0.25) is 0 Å². The summed E-state index contributed by atoms with van der Waals surface area (Å²) in [6.07, 6.45) is 0.758. The Bertz CT molecular complexity index is 375. The normalized spacial score (nSPS) is 14.7. The second-order valence-electron chi connectivity index (χ2n) is 5.32. The van der Waals surface area contributed by atoms with Crippen LogP contribution in [-0.4, -0.2) is 22.2 Å². The first-order valence-electron chi connectivity index (χ1n) is 5.99. The molecule has 0 aromatic carbocycles. The van der Waals surface area contributed by atoms with Crippen molar-refractivity contribution >= 4 is 11.5 Å². The average Bonchev–Trinajstić information content (AvgIpc) is 2.18. The van der Waals surface area contributed by atoms with E-state index >= 15 is 0 Å². The lowest BCUT2D eigenvalue weighted by Crippen LogP contribution is -2.35. The molecule has 0 saturated heterocycles. The second-order valence-corrected chi connectivity index (χ2v) is 5.32. The van der Waals surface area contributed by atoms with E-state index in [4.69, 9.17) is 5.73 Å². The zero-order valence-corrected chi connectivity index (χ0v) is 11.1. The Morgan fingerprint density at radius 2 is 2.12 bits per heavy atom. The molecule has 1 atom stereocenters. The highest BCUT2D eigenvalue weighted by Crippen LogP contribution is 2.18. The van der Waals surface area contributed by atoms with Gasteiger partial charge in [-0.3, -0.25) is 0 Å². The van der Waals surface area contributed by atoms with E-state index in [9.17, 15) is 5.11 Å². The number of nitrogen functional groups attached to an aromatic ring is 1. The number of pyridine rings is 1. The molecular weight excluding hydrogens is 214 g/mol. The fraction of sp³-hybridized carbons (Fsp3) is 0.615. The predicted molar refractivity (Wildman–Crippen MR) is 72.0 cm³/mol. The molecule has 1 aromatic rings. The fourth-order valence-corrected chi connectivity index (χ4v) is 1.90. The lowest BCUT2D eigenvalue weighted by atomic mass is 9.94. The van der Waals surface area contributed by atoms with Gasteiger partial charge in [0, 0.05) is 6.54 Å². The maximum absolute atomic E-state index is 10.2. The van der Waals surface area contributed by atoms with Crippen molar-refractivity contribution < 1.29 is 5.11 Å². The summed E-state index contributed by atoms with van der Waals surface area (Å²) in [4.78, 5) is 4.31. The molecule has 0 aliphatic heterocycles. The Balaban J connectivity index is 2.58. The minimum atomic E-state index is -0.717. The van der Waals surface area contributed by atoms with Crippen LogP contribution in [0.3, 0.4) is 0 Å². The lowest BCUT2D eigenvalue weighted by Gasteiger charge is -2.25. The molecule has 1 unspecified atom stereocenters. The molecule has 0 saturated carbocycles. The molecule has 0 aliphatic rings. The Kier molecular flexibility index (Phi) is 4.34. The van der Waals surface area contributed by atoms with Crippen LogP contribution in [0.4, 0.5) is 11.5 Å². The number of anilines is 2. The number of nitrogens with zero attached hydrogens (tertiary/aromatic N) is 1. The van der Waals surface area contributed by atoms with Crippen LogP contribution in [-0.2, 0) is 0 Å². The zero-order valence-electron chi connectivity index (χ0n) is 11.1. The summed E-state index contributed by atoms with van der Waals surface area (Å²) in [5, 5.41) is 13.3. The van der Waals surface area contributed by atoms with E-state index < -0.39 is 5.60 Å². The van der Waals surface area contributed by atoms with Crippen LogP contribution >= 0.6 is 0 Å². The van der Waals surface area contributed by atoms with Crippen LogP contribution in [0, 0.1) is 12.8 Å². The first kappa shape index (κ1) is 13.8. The summed E-state index contributed by atoms with van der Waals surface area (Å²) in [5.41, 5.74) is 6.47. The molecule has 4 nitrogen and oxygen atoms in total. The molecule has 4 N–H and O–H groups in total. The van der Waals surface area contributed by atoms with Gasteiger partial charge >= 0.3 is 0 Å². The van der Waals surface area contributed by atoms with Crippen molar-refractivity contribution in [2.45, 2.75) is 39.7 Å². The van der Waals surface area contributed by atoms with E-state index in [0.29, 0.717) is 18.2 Å². The Hall–Kier alpha value is -1.29. The third-order valence-electron chi connectivity index (χ3n) is 2.63. The summed E-state index contributed by atoms with van der Waals surface area (Å²) in [5.74, 6) is 1.22. The highest BCUT2D eigenvalue weighted by Gasteiger charge is 2.21. The minimum absolute atomic E-state index is 0.466. The maximum Gasteiger partial charge on any atom is 0.126 e. The Morgan fingerprint density at radius 3 is 2.65 bits per heavy atom. The summed E-state index contributed by atoms with van der Waals surface area (Å²) in [6.45, 7) is 8.39. The molecule has 17 heavy (non-hydrogen) atoms. The SMILES string of the molecule is Cc1nc(NCC(C)(O)CC(C)C)ccc1N. The average molecular weight is 237 g/mol. The van der Waals surface area contributed by atoms with Crippen LogP contribution < -0.4 is 11.1 Å². The predicted octanol–water partition coefficient (Wildman–Crippen LogP) is 2.18. The Morgan fingerprint density at radius 1 is 1.47 bits per heavy atom. The van der Waals surface area contributed by atoms with E-state index in [-0.39, 0.29) is 0 Å². The van der Waals surface area contributed by atoms with Gasteiger partial charge in [-0.1, -0.05) is 13.8 Å². The molecule has 0 fully saturated rings. The molecule has 4 heteroatoms. The molecule has 0 amide bonds. The van der Waals surface area contributed by atoms with Gasteiger partial charge in [-0.15, -0.1) is 0 Å². The molecule has 0 spiro atoms. The highest BCUT2D eigenvalue weighted by molar-refractivity contribution is 5.49. The topological polar surface area (TPSA) is 71.2 Å². The van der Waals surface area contributed by atoms with Gasteiger partial charge < -0.3 is 16.2 Å². The number of aliphatic hydroxyl groups is 1. The van der Waals surface area contributed by atoms with Gasteiger partial charge in [-0.05, 0) is 38.3 Å². The number of nitrogens with one attached hydrogen (secondary N) is 1. The molecule has 1 aromatic heterocycles. The van der Waals surface area contributed by atoms with Gasteiger partial charge in [0.25, 0.3) is 0 Å². The van der Waals surface area contributed by atoms with Gasteiger partial charge in [0.2, 0.25) is 0 Å². The summed E-state index contributed by atoms with van der Waals surface area (Å²) < 4.78 is 0. The summed E-state index contributed by atoms with van der Waals surface area (Å²) in [6, 6.07) is 3.65.